The zero-order valence-corrected chi connectivity index (χ0v) is 13.9. The van der Waals surface area contributed by atoms with E-state index in [-0.39, 0.29) is 11.8 Å². The molecule has 3 rings (SSSR count). The van der Waals surface area contributed by atoms with Gasteiger partial charge in [0.1, 0.15) is 10.8 Å². The molecule has 8 heteroatoms. The van der Waals surface area contributed by atoms with Crippen LogP contribution in [0, 0.1) is 6.92 Å². The maximum Gasteiger partial charge on any atom is 0.573 e. The summed E-state index contributed by atoms with van der Waals surface area (Å²) in [6.45, 7) is 4.28. The number of benzene rings is 1. The van der Waals surface area contributed by atoms with Crippen LogP contribution in [0.2, 0.25) is 0 Å². The first-order valence-corrected chi connectivity index (χ1v) is 8.37. The van der Waals surface area contributed by atoms with Crippen LogP contribution in [0.15, 0.2) is 29.6 Å². The van der Waals surface area contributed by atoms with Crippen LogP contribution < -0.4 is 4.74 Å². The minimum absolute atomic E-state index is 0.0182. The van der Waals surface area contributed by atoms with E-state index in [0.29, 0.717) is 26.3 Å². The Morgan fingerprint density at radius 3 is 2.96 bits per heavy atom. The van der Waals surface area contributed by atoms with Crippen molar-refractivity contribution in [3.8, 4) is 5.75 Å². The van der Waals surface area contributed by atoms with E-state index in [2.05, 4.69) is 14.6 Å². The minimum atomic E-state index is -4.68. The molecule has 2 heterocycles. The Morgan fingerprint density at radius 1 is 1.42 bits per heavy atom. The summed E-state index contributed by atoms with van der Waals surface area (Å²) in [5.74, 6) is -0.199. The van der Waals surface area contributed by atoms with Gasteiger partial charge in [0.05, 0.1) is 19.3 Å². The summed E-state index contributed by atoms with van der Waals surface area (Å²) in [7, 11) is 0. The molecule has 1 aromatic carbocycles. The number of rotatable bonds is 4. The highest BCUT2D eigenvalue weighted by atomic mass is 32.1. The molecule has 4 nitrogen and oxygen atoms in total. The fourth-order valence-corrected chi connectivity index (χ4v) is 3.57. The van der Waals surface area contributed by atoms with Gasteiger partial charge >= 0.3 is 6.36 Å². The molecule has 0 saturated carbocycles. The van der Waals surface area contributed by atoms with Gasteiger partial charge in [0.2, 0.25) is 0 Å². The van der Waals surface area contributed by atoms with Crippen molar-refractivity contribution >= 4 is 11.3 Å². The van der Waals surface area contributed by atoms with E-state index in [1.165, 1.54) is 12.1 Å². The number of morpholine rings is 1. The van der Waals surface area contributed by atoms with Crippen LogP contribution in [0.3, 0.4) is 0 Å². The first-order valence-electron chi connectivity index (χ1n) is 7.49. The lowest BCUT2D eigenvalue weighted by molar-refractivity contribution is -0.274. The van der Waals surface area contributed by atoms with E-state index in [4.69, 9.17) is 4.74 Å². The van der Waals surface area contributed by atoms with Crippen molar-refractivity contribution in [2.24, 2.45) is 0 Å². The van der Waals surface area contributed by atoms with Gasteiger partial charge in [-0.15, -0.1) is 24.5 Å². The van der Waals surface area contributed by atoms with Crippen LogP contribution >= 0.6 is 11.3 Å². The van der Waals surface area contributed by atoms with E-state index in [1.807, 2.05) is 12.3 Å². The molecular formula is C16H17F3N2O2S. The highest BCUT2D eigenvalue weighted by Gasteiger charge is 2.31. The Morgan fingerprint density at radius 2 is 2.25 bits per heavy atom. The van der Waals surface area contributed by atoms with Crippen molar-refractivity contribution in [1.82, 2.24) is 9.88 Å². The normalized spacial score (nSPS) is 19.4. The predicted molar refractivity (Wildman–Crippen MR) is 83.9 cm³/mol. The van der Waals surface area contributed by atoms with Gasteiger partial charge in [0, 0.05) is 24.2 Å². The third-order valence-corrected chi connectivity index (χ3v) is 4.74. The maximum absolute atomic E-state index is 12.4. The first-order chi connectivity index (χ1) is 11.4. The molecule has 0 N–H and O–H groups in total. The van der Waals surface area contributed by atoms with E-state index >= 15 is 0 Å². The van der Waals surface area contributed by atoms with Crippen molar-refractivity contribution in [3.05, 3.63) is 45.9 Å². The number of aryl methyl sites for hydroxylation is 1. The second-order valence-corrected chi connectivity index (χ2v) is 6.47. The van der Waals surface area contributed by atoms with E-state index in [1.54, 1.807) is 23.5 Å². The number of hydrogen-bond donors (Lipinski definition) is 0. The molecule has 1 fully saturated rings. The lowest BCUT2D eigenvalue weighted by Gasteiger charge is -2.34. The van der Waals surface area contributed by atoms with Crippen molar-refractivity contribution in [2.75, 3.05) is 19.8 Å². The number of aromatic nitrogens is 1. The quantitative estimate of drug-likeness (QED) is 0.830. The number of hydrogen-bond acceptors (Lipinski definition) is 5. The van der Waals surface area contributed by atoms with Crippen molar-refractivity contribution in [1.29, 1.82) is 0 Å². The first kappa shape index (κ1) is 17.2. The lowest BCUT2D eigenvalue weighted by Crippen LogP contribution is -2.39. The van der Waals surface area contributed by atoms with Crippen molar-refractivity contribution in [2.45, 2.75) is 25.9 Å². The van der Waals surface area contributed by atoms with E-state index < -0.39 is 6.36 Å². The Kier molecular flexibility index (Phi) is 5.07. The molecule has 0 radical (unpaired) electrons. The third kappa shape index (κ3) is 4.46. The van der Waals surface area contributed by atoms with Gasteiger partial charge < -0.3 is 9.47 Å². The average molecular weight is 358 g/mol. The fraction of sp³-hybridized carbons (Fsp3) is 0.438. The van der Waals surface area contributed by atoms with Gasteiger partial charge in [0.15, 0.2) is 0 Å². The summed E-state index contributed by atoms with van der Waals surface area (Å²) in [6.07, 6.45) is -4.68. The standard InChI is InChI=1S/C16H17F3N2O2S/c1-11-10-24-15(20-11)14-9-22-6-5-21(14)8-12-3-2-4-13(7-12)23-16(17,18)19/h2-4,7,10,14H,5-6,8-9H2,1H3. The van der Waals surface area contributed by atoms with Crippen LogP contribution in [-0.2, 0) is 11.3 Å². The molecule has 0 amide bonds. The molecule has 2 aromatic rings. The Hall–Kier alpha value is -1.64. The molecule has 1 saturated heterocycles. The number of halogens is 3. The van der Waals surface area contributed by atoms with Crippen molar-refractivity contribution < 1.29 is 22.6 Å². The van der Waals surface area contributed by atoms with Gasteiger partial charge in [0.25, 0.3) is 0 Å². The summed E-state index contributed by atoms with van der Waals surface area (Å²) in [5.41, 5.74) is 1.72. The second kappa shape index (κ2) is 7.08. The second-order valence-electron chi connectivity index (χ2n) is 5.58. The van der Waals surface area contributed by atoms with Gasteiger partial charge in [-0.05, 0) is 24.6 Å². The van der Waals surface area contributed by atoms with Gasteiger partial charge in [-0.1, -0.05) is 12.1 Å². The molecule has 24 heavy (non-hydrogen) atoms. The topological polar surface area (TPSA) is 34.6 Å². The van der Waals surface area contributed by atoms with E-state index in [9.17, 15) is 13.2 Å². The smallest absolute Gasteiger partial charge is 0.406 e. The Bertz CT molecular complexity index is 690. The molecule has 1 aliphatic rings. The number of nitrogens with zero attached hydrogens (tertiary/aromatic N) is 2. The van der Waals surface area contributed by atoms with Gasteiger partial charge in [-0.2, -0.15) is 0 Å². The highest BCUT2D eigenvalue weighted by molar-refractivity contribution is 7.09. The van der Waals surface area contributed by atoms with Crippen LogP contribution in [0.25, 0.3) is 0 Å². The summed E-state index contributed by atoms with van der Waals surface area (Å²) >= 11 is 1.58. The summed E-state index contributed by atoms with van der Waals surface area (Å²) in [4.78, 5) is 6.69. The zero-order valence-electron chi connectivity index (χ0n) is 13.0. The SMILES string of the molecule is Cc1csc(C2COCCN2Cc2cccc(OC(F)(F)F)c2)n1. The van der Waals surface area contributed by atoms with Crippen LogP contribution in [0.1, 0.15) is 22.3 Å². The molecule has 1 aliphatic heterocycles. The molecule has 0 aliphatic carbocycles. The summed E-state index contributed by atoms with van der Waals surface area (Å²) in [5, 5.41) is 2.95. The molecule has 0 spiro atoms. The van der Waals surface area contributed by atoms with Crippen molar-refractivity contribution in [3.63, 3.8) is 0 Å². The average Bonchev–Trinajstić information content (AvgIpc) is 2.93. The van der Waals surface area contributed by atoms with Crippen LogP contribution in [0.5, 0.6) is 5.75 Å². The Balaban J connectivity index is 1.74. The van der Waals surface area contributed by atoms with Gasteiger partial charge in [-0.25, -0.2) is 4.98 Å². The molecule has 1 unspecified atom stereocenters. The predicted octanol–water partition coefficient (Wildman–Crippen LogP) is 3.92. The largest absolute Gasteiger partial charge is 0.573 e. The molecule has 130 valence electrons. The number of thiazole rings is 1. The van der Waals surface area contributed by atoms with Crippen LogP contribution in [0.4, 0.5) is 13.2 Å². The molecule has 0 bridgehead atoms. The minimum Gasteiger partial charge on any atom is -0.406 e. The number of ether oxygens (including phenoxy) is 2. The monoisotopic (exact) mass is 358 g/mol. The fourth-order valence-electron chi connectivity index (χ4n) is 2.66. The zero-order chi connectivity index (χ0) is 17.2. The van der Waals surface area contributed by atoms with Gasteiger partial charge in [-0.3, -0.25) is 4.90 Å². The maximum atomic E-state index is 12.4. The Labute approximate surface area is 141 Å². The molecule has 1 aromatic heterocycles. The molecule has 1 atom stereocenters. The third-order valence-electron chi connectivity index (χ3n) is 3.68. The number of alkyl halides is 3. The lowest BCUT2D eigenvalue weighted by atomic mass is 10.1. The highest BCUT2D eigenvalue weighted by Crippen LogP contribution is 2.29. The summed E-state index contributed by atoms with van der Waals surface area (Å²) < 4.78 is 46.6. The van der Waals surface area contributed by atoms with Crippen LogP contribution in [-0.4, -0.2) is 36.0 Å². The van der Waals surface area contributed by atoms with E-state index in [0.717, 1.165) is 16.3 Å². The summed E-state index contributed by atoms with van der Waals surface area (Å²) in [6, 6.07) is 6.11. The molecular weight excluding hydrogens is 341 g/mol.